The quantitative estimate of drug-likeness (QED) is 0.601. The minimum atomic E-state index is -1.31. The molecule has 0 aliphatic heterocycles. The fourth-order valence-electron chi connectivity index (χ4n) is 4.92. The van der Waals surface area contributed by atoms with Crippen molar-refractivity contribution in [2.24, 2.45) is 23.7 Å². The van der Waals surface area contributed by atoms with Crippen LogP contribution in [0.1, 0.15) is 44.8 Å². The van der Waals surface area contributed by atoms with Gasteiger partial charge in [-0.15, -0.1) is 0 Å². The van der Waals surface area contributed by atoms with Gasteiger partial charge in [-0.3, -0.25) is 4.79 Å². The topological polar surface area (TPSA) is 63.6 Å². The zero-order chi connectivity index (χ0) is 21.5. The number of benzene rings is 1. The first-order valence-corrected chi connectivity index (χ1v) is 9.80. The normalized spacial score (nSPS) is 28.0. The molecule has 0 heterocycles. The molecular formula is C23H26F2O4. The molecule has 0 unspecified atom stereocenters. The van der Waals surface area contributed by atoms with Crippen LogP contribution >= 0.6 is 0 Å². The van der Waals surface area contributed by atoms with Crippen LogP contribution < -0.4 is 0 Å². The molecule has 1 N–H and O–H groups in total. The fraction of sp³-hybridized carbons (Fsp3) is 0.478. The molecule has 2 aliphatic carbocycles. The van der Waals surface area contributed by atoms with Crippen molar-refractivity contribution >= 4 is 11.8 Å². The highest BCUT2D eigenvalue weighted by molar-refractivity contribution is 6.01. The van der Waals surface area contributed by atoms with E-state index in [9.17, 15) is 23.5 Å². The Morgan fingerprint density at radius 1 is 1.24 bits per heavy atom. The number of esters is 1. The lowest BCUT2D eigenvalue weighted by Crippen LogP contribution is -2.29. The van der Waals surface area contributed by atoms with Crippen molar-refractivity contribution < 1.29 is 28.2 Å². The second kappa shape index (κ2) is 8.19. The van der Waals surface area contributed by atoms with Crippen molar-refractivity contribution in [2.45, 2.75) is 39.2 Å². The minimum Gasteiger partial charge on any atom is -0.466 e. The summed E-state index contributed by atoms with van der Waals surface area (Å²) in [7, 11) is 1.31. The van der Waals surface area contributed by atoms with Crippen LogP contribution in [0.2, 0.25) is 0 Å². The number of allylic oxidation sites excluding steroid dienone is 2. The van der Waals surface area contributed by atoms with Gasteiger partial charge in [-0.2, -0.15) is 0 Å². The first-order valence-electron chi connectivity index (χ1n) is 9.80. The summed E-state index contributed by atoms with van der Waals surface area (Å²) < 4.78 is 32.1. The van der Waals surface area contributed by atoms with Crippen molar-refractivity contribution in [2.75, 3.05) is 7.11 Å². The first kappa shape index (κ1) is 21.4. The Hall–Kier alpha value is -2.34. The third-order valence-corrected chi connectivity index (χ3v) is 6.50. The van der Waals surface area contributed by atoms with Crippen LogP contribution in [0.5, 0.6) is 0 Å². The number of carbonyl (C=O) groups excluding carboxylic acids is 2. The zero-order valence-electron chi connectivity index (χ0n) is 16.9. The Bertz CT molecular complexity index is 869. The van der Waals surface area contributed by atoms with E-state index in [0.29, 0.717) is 24.0 Å². The number of fused-ring (bicyclic) bond motifs is 1. The summed E-state index contributed by atoms with van der Waals surface area (Å²) in [6, 6.07) is 2.87. The Balaban J connectivity index is 1.95. The molecule has 1 aromatic carbocycles. The molecule has 6 heteroatoms. The van der Waals surface area contributed by atoms with E-state index in [1.807, 2.05) is 6.92 Å². The van der Waals surface area contributed by atoms with Gasteiger partial charge in [0.15, 0.2) is 5.78 Å². The molecule has 0 saturated heterocycles. The van der Waals surface area contributed by atoms with Crippen LogP contribution in [0.15, 0.2) is 41.5 Å². The van der Waals surface area contributed by atoms with Gasteiger partial charge in [0.2, 0.25) is 0 Å². The zero-order valence-corrected chi connectivity index (χ0v) is 16.9. The standard InChI is InChI=1S/C23H26F2O4/c1-11-5-6-14(12(2)23(28)29-4)9-18-13(3)21(26)20(19(11)18)22(27)15-7-16(24)10-17(25)8-15/h7-8,10-11,14,19-20,22,27H,2,5-6,9H2,1,3-4H3/t11-,14+,19-,20+,22-/m0/s1. The number of hydrogen-bond donors (Lipinski definition) is 1. The number of hydrogen-bond acceptors (Lipinski definition) is 4. The van der Waals surface area contributed by atoms with Crippen LogP contribution in [0.4, 0.5) is 8.78 Å². The molecule has 1 saturated carbocycles. The number of Topliss-reactive ketones (excluding diaryl/α,β-unsaturated/α-hetero) is 1. The molecule has 2 aliphatic rings. The summed E-state index contributed by atoms with van der Waals surface area (Å²) >= 11 is 0. The van der Waals surface area contributed by atoms with Gasteiger partial charge >= 0.3 is 5.97 Å². The van der Waals surface area contributed by atoms with Gasteiger partial charge in [-0.05, 0) is 67.2 Å². The lowest BCUT2D eigenvalue weighted by atomic mass is 9.76. The summed E-state index contributed by atoms with van der Waals surface area (Å²) in [4.78, 5) is 25.0. The molecule has 0 aromatic heterocycles. The van der Waals surface area contributed by atoms with E-state index >= 15 is 0 Å². The SMILES string of the molecule is C=C(C(=O)OC)[C@@H]1CC[C@H](C)[C@H]2C(=C(C)C(=O)[C@@H]2[C@@H](O)c2cc(F)cc(F)c2)C1. The number of ketones is 1. The molecule has 29 heavy (non-hydrogen) atoms. The third kappa shape index (κ3) is 3.90. The molecular weight excluding hydrogens is 378 g/mol. The van der Waals surface area contributed by atoms with Gasteiger partial charge in [-0.25, -0.2) is 13.6 Å². The maximum Gasteiger partial charge on any atom is 0.333 e. The highest BCUT2D eigenvalue weighted by Crippen LogP contribution is 2.51. The monoisotopic (exact) mass is 404 g/mol. The molecule has 5 atom stereocenters. The van der Waals surface area contributed by atoms with E-state index < -0.39 is 29.6 Å². The molecule has 1 aromatic rings. The maximum atomic E-state index is 13.7. The van der Waals surface area contributed by atoms with Gasteiger partial charge in [0.05, 0.1) is 19.1 Å². The van der Waals surface area contributed by atoms with Crippen LogP contribution in [-0.2, 0) is 14.3 Å². The summed E-state index contributed by atoms with van der Waals surface area (Å²) in [5.74, 6) is -3.40. The van der Waals surface area contributed by atoms with Crippen molar-refractivity contribution in [3.8, 4) is 0 Å². The maximum absolute atomic E-state index is 13.7. The van der Waals surface area contributed by atoms with Gasteiger partial charge in [0.1, 0.15) is 11.6 Å². The molecule has 0 amide bonds. The molecule has 156 valence electrons. The van der Waals surface area contributed by atoms with E-state index in [2.05, 4.69) is 6.58 Å². The summed E-state index contributed by atoms with van der Waals surface area (Å²) in [5, 5.41) is 10.9. The molecule has 1 fully saturated rings. The lowest BCUT2D eigenvalue weighted by Gasteiger charge is -2.29. The van der Waals surface area contributed by atoms with E-state index in [1.165, 1.54) is 7.11 Å². The number of aliphatic hydroxyl groups is 1. The fourth-order valence-corrected chi connectivity index (χ4v) is 4.92. The highest BCUT2D eigenvalue weighted by atomic mass is 19.1. The average Bonchev–Trinajstić information content (AvgIpc) is 2.81. The van der Waals surface area contributed by atoms with Crippen LogP contribution in [0.3, 0.4) is 0 Å². The van der Waals surface area contributed by atoms with Crippen molar-refractivity contribution in [3.05, 3.63) is 58.7 Å². The minimum absolute atomic E-state index is 0.0555. The molecule has 0 radical (unpaired) electrons. The molecule has 0 spiro atoms. The lowest BCUT2D eigenvalue weighted by molar-refractivity contribution is -0.136. The second-order valence-electron chi connectivity index (χ2n) is 8.19. The predicted molar refractivity (Wildman–Crippen MR) is 104 cm³/mol. The molecule has 0 bridgehead atoms. The van der Waals surface area contributed by atoms with Crippen LogP contribution in [0.25, 0.3) is 0 Å². The van der Waals surface area contributed by atoms with E-state index in [1.54, 1.807) is 6.92 Å². The van der Waals surface area contributed by atoms with E-state index in [-0.39, 0.29) is 29.1 Å². The van der Waals surface area contributed by atoms with Gasteiger partial charge in [-0.1, -0.05) is 19.1 Å². The first-order chi connectivity index (χ1) is 13.6. The number of methoxy groups -OCH3 is 1. The second-order valence-corrected chi connectivity index (χ2v) is 8.19. The largest absolute Gasteiger partial charge is 0.466 e. The Labute approximate surface area is 169 Å². The van der Waals surface area contributed by atoms with Crippen molar-refractivity contribution in [1.29, 1.82) is 0 Å². The Morgan fingerprint density at radius 3 is 2.45 bits per heavy atom. The Kier molecular flexibility index (Phi) is 6.03. The smallest absolute Gasteiger partial charge is 0.333 e. The predicted octanol–water partition coefficient (Wildman–Crippen LogP) is 4.30. The van der Waals surface area contributed by atoms with Crippen LogP contribution in [-0.4, -0.2) is 24.0 Å². The number of carbonyl (C=O) groups is 2. The van der Waals surface area contributed by atoms with Crippen molar-refractivity contribution in [1.82, 2.24) is 0 Å². The van der Waals surface area contributed by atoms with E-state index in [0.717, 1.165) is 30.2 Å². The summed E-state index contributed by atoms with van der Waals surface area (Å²) in [5.41, 5.74) is 1.90. The van der Waals surface area contributed by atoms with Crippen molar-refractivity contribution in [3.63, 3.8) is 0 Å². The van der Waals surface area contributed by atoms with Gasteiger partial charge in [0.25, 0.3) is 0 Å². The summed E-state index contributed by atoms with van der Waals surface area (Å²) in [6.45, 7) is 7.61. The summed E-state index contributed by atoms with van der Waals surface area (Å²) in [6.07, 6.45) is 0.624. The number of aliphatic hydroxyl groups excluding tert-OH is 1. The highest BCUT2D eigenvalue weighted by Gasteiger charge is 2.48. The third-order valence-electron chi connectivity index (χ3n) is 6.50. The number of rotatable bonds is 4. The Morgan fingerprint density at radius 2 is 1.86 bits per heavy atom. The van der Waals surface area contributed by atoms with Gasteiger partial charge in [0, 0.05) is 11.6 Å². The number of ether oxygens (including phenoxy) is 1. The molecule has 3 rings (SSSR count). The van der Waals surface area contributed by atoms with E-state index in [4.69, 9.17) is 4.74 Å². The van der Waals surface area contributed by atoms with Gasteiger partial charge < -0.3 is 9.84 Å². The number of halogens is 2. The van der Waals surface area contributed by atoms with Crippen LogP contribution in [0, 0.1) is 35.3 Å². The molecule has 4 nitrogen and oxygen atoms in total. The average molecular weight is 404 g/mol.